The zero-order valence-corrected chi connectivity index (χ0v) is 23.4. The van der Waals surface area contributed by atoms with E-state index >= 15 is 0 Å². The van der Waals surface area contributed by atoms with Crippen LogP contribution in [0.5, 0.6) is 0 Å². The molecule has 1 aromatic heterocycles. The third kappa shape index (κ3) is 8.08. The van der Waals surface area contributed by atoms with Gasteiger partial charge in [-0.3, -0.25) is 4.79 Å². The van der Waals surface area contributed by atoms with Crippen molar-refractivity contribution in [2.75, 3.05) is 12.4 Å². The van der Waals surface area contributed by atoms with E-state index in [9.17, 15) is 13.2 Å². The molecule has 0 aliphatic carbocycles. The molecule has 2 aromatic rings. The topological polar surface area (TPSA) is 113 Å². The van der Waals surface area contributed by atoms with Crippen molar-refractivity contribution in [1.29, 1.82) is 0 Å². The summed E-state index contributed by atoms with van der Waals surface area (Å²) in [5.74, 6) is -0.463. The minimum Gasteiger partial charge on any atom is -0.462 e. The predicted molar refractivity (Wildman–Crippen MR) is 137 cm³/mol. The molecule has 0 spiro atoms. The van der Waals surface area contributed by atoms with Gasteiger partial charge in [0.15, 0.2) is 8.32 Å². The molecule has 0 amide bonds. The number of nitrogens with zero attached hydrogens (tertiary/aromatic N) is 4. The van der Waals surface area contributed by atoms with Gasteiger partial charge < -0.3 is 9.16 Å². The number of allylic oxidation sites excluding steroid dienone is 1. The van der Waals surface area contributed by atoms with Gasteiger partial charge in [-0.15, -0.1) is 0 Å². The van der Waals surface area contributed by atoms with Crippen LogP contribution in [0.4, 0.5) is 0 Å². The molecular formula is C24H38N4O5SSi. The molecule has 0 radical (unpaired) electrons. The molecule has 0 saturated carbocycles. The number of hydrogen-bond donors (Lipinski definition) is 0. The number of ether oxygens (including phenoxy) is 1. The first kappa shape index (κ1) is 28.9. The van der Waals surface area contributed by atoms with Crippen LogP contribution in [0, 0.1) is 5.41 Å². The number of para-hydroxylation sites is 1. The summed E-state index contributed by atoms with van der Waals surface area (Å²) in [5, 5.41) is 10.9. The number of carbonyl (C=O) groups excluding carboxylic acids is 1. The first-order valence-electron chi connectivity index (χ1n) is 12.1. The van der Waals surface area contributed by atoms with Crippen molar-refractivity contribution in [3.05, 3.63) is 42.5 Å². The fourth-order valence-corrected chi connectivity index (χ4v) is 7.48. The quantitative estimate of drug-likeness (QED) is 0.217. The number of hydrogen-bond acceptors (Lipinski definition) is 8. The Morgan fingerprint density at radius 1 is 1.11 bits per heavy atom. The second-order valence-electron chi connectivity index (χ2n) is 9.49. The Bertz CT molecular complexity index is 1070. The third-order valence-corrected chi connectivity index (χ3v) is 12.2. The average Bonchev–Trinajstić information content (AvgIpc) is 3.34. The Balaban J connectivity index is 2.12. The van der Waals surface area contributed by atoms with E-state index in [1.807, 2.05) is 12.1 Å². The molecule has 194 valence electrons. The lowest BCUT2D eigenvalue weighted by Gasteiger charge is -2.32. The predicted octanol–water partition coefficient (Wildman–Crippen LogP) is 4.36. The van der Waals surface area contributed by atoms with Crippen LogP contribution in [0.3, 0.4) is 0 Å². The molecule has 0 aliphatic heterocycles. The highest BCUT2D eigenvalue weighted by Crippen LogP contribution is 2.25. The van der Waals surface area contributed by atoms with E-state index < -0.39 is 29.7 Å². The van der Waals surface area contributed by atoms with Crippen LogP contribution in [-0.4, -0.2) is 61.4 Å². The molecule has 11 heteroatoms. The van der Waals surface area contributed by atoms with Crippen molar-refractivity contribution in [3.63, 3.8) is 0 Å². The molecule has 2 rings (SSSR count). The number of carbonyl (C=O) groups is 1. The van der Waals surface area contributed by atoms with Crippen LogP contribution in [-0.2, 0) is 23.8 Å². The van der Waals surface area contributed by atoms with Crippen molar-refractivity contribution in [3.8, 4) is 5.69 Å². The number of aromatic nitrogens is 4. The van der Waals surface area contributed by atoms with Crippen LogP contribution in [0.2, 0.25) is 18.1 Å². The molecule has 35 heavy (non-hydrogen) atoms. The van der Waals surface area contributed by atoms with Crippen LogP contribution in [0.1, 0.15) is 48.0 Å². The lowest BCUT2D eigenvalue weighted by atomic mass is 9.97. The van der Waals surface area contributed by atoms with Crippen molar-refractivity contribution in [1.82, 2.24) is 20.2 Å². The van der Waals surface area contributed by atoms with Crippen molar-refractivity contribution in [2.45, 2.75) is 77.4 Å². The molecule has 0 aliphatic rings. The van der Waals surface area contributed by atoms with Crippen molar-refractivity contribution in [2.24, 2.45) is 5.41 Å². The summed E-state index contributed by atoms with van der Waals surface area (Å²) >= 11 is 0. The number of tetrazole rings is 1. The Morgan fingerprint density at radius 3 is 2.31 bits per heavy atom. The van der Waals surface area contributed by atoms with Gasteiger partial charge in [0.05, 0.1) is 23.0 Å². The Labute approximate surface area is 210 Å². The van der Waals surface area contributed by atoms with Gasteiger partial charge in [-0.05, 0) is 67.9 Å². The number of esters is 1. The Morgan fingerprint density at radius 2 is 1.74 bits per heavy atom. The Hall–Kier alpha value is -2.37. The zero-order valence-electron chi connectivity index (χ0n) is 21.6. The minimum absolute atomic E-state index is 0.0976. The summed E-state index contributed by atoms with van der Waals surface area (Å²) in [5.41, 5.74) is -0.0411. The summed E-state index contributed by atoms with van der Waals surface area (Å²) in [4.78, 5) is 12.3. The van der Waals surface area contributed by atoms with Crippen LogP contribution in [0.15, 0.2) is 47.6 Å². The van der Waals surface area contributed by atoms with Crippen LogP contribution in [0.25, 0.3) is 5.69 Å². The molecular weight excluding hydrogens is 484 g/mol. The highest BCUT2D eigenvalue weighted by Gasteiger charge is 2.32. The highest BCUT2D eigenvalue weighted by atomic mass is 32.2. The smallest absolute Gasteiger partial charge is 0.311 e. The minimum atomic E-state index is -3.73. The van der Waals surface area contributed by atoms with Crippen LogP contribution < -0.4 is 0 Å². The molecule has 0 bridgehead atoms. The maximum Gasteiger partial charge on any atom is 0.311 e. The van der Waals surface area contributed by atoms with E-state index in [1.165, 1.54) is 4.68 Å². The number of rotatable bonds is 13. The van der Waals surface area contributed by atoms with Gasteiger partial charge in [0.2, 0.25) is 9.84 Å². The molecule has 1 aromatic carbocycles. The van der Waals surface area contributed by atoms with Gasteiger partial charge in [0, 0.05) is 0 Å². The van der Waals surface area contributed by atoms with E-state index in [4.69, 9.17) is 9.16 Å². The monoisotopic (exact) mass is 522 g/mol. The van der Waals surface area contributed by atoms with Gasteiger partial charge in [-0.25, -0.2) is 8.42 Å². The second-order valence-corrected chi connectivity index (χ2v) is 16.2. The van der Waals surface area contributed by atoms with Gasteiger partial charge in [-0.2, -0.15) is 4.68 Å². The van der Waals surface area contributed by atoms with E-state index in [0.29, 0.717) is 5.69 Å². The van der Waals surface area contributed by atoms with Gasteiger partial charge in [-0.1, -0.05) is 56.2 Å². The first-order valence-corrected chi connectivity index (χ1v) is 16.2. The number of benzene rings is 1. The summed E-state index contributed by atoms with van der Waals surface area (Å²) in [7, 11) is -5.70. The standard InChI is InChI=1S/C24H38N4O5SSi/c1-7-35(8-2,9-3)33-21(19-32-22(29)24(4,5)6)17-13-14-18-34(30,31)23-25-26-27-28(23)20-15-11-10-12-16-20/h10-13,15-17,21H,7-9,14,18-19H2,1-6H3/b17-13-/t21-/m0/s1. The molecule has 0 saturated heterocycles. The van der Waals surface area contributed by atoms with E-state index in [-0.39, 0.29) is 29.9 Å². The zero-order chi connectivity index (χ0) is 26.1. The lowest BCUT2D eigenvalue weighted by Crippen LogP contribution is -2.41. The lowest BCUT2D eigenvalue weighted by molar-refractivity contribution is -0.154. The molecule has 1 atom stereocenters. The second kappa shape index (κ2) is 12.5. The van der Waals surface area contributed by atoms with Gasteiger partial charge >= 0.3 is 5.97 Å². The third-order valence-electron chi connectivity index (χ3n) is 5.95. The largest absolute Gasteiger partial charge is 0.462 e. The SMILES string of the molecule is CC[Si](CC)(CC)O[C@@H](/C=C\CCS(=O)(=O)c1nnnn1-c1ccccc1)COC(=O)C(C)(C)C. The van der Waals surface area contributed by atoms with Crippen LogP contribution >= 0.6 is 0 Å². The average molecular weight is 523 g/mol. The Kier molecular flexibility index (Phi) is 10.3. The summed E-state index contributed by atoms with van der Waals surface area (Å²) < 4.78 is 39.1. The van der Waals surface area contributed by atoms with Gasteiger partial charge in [0.25, 0.3) is 5.16 Å². The van der Waals surface area contributed by atoms with Crippen molar-refractivity contribution >= 4 is 24.1 Å². The van der Waals surface area contributed by atoms with E-state index in [0.717, 1.165) is 18.1 Å². The van der Waals surface area contributed by atoms with E-state index in [2.05, 4.69) is 36.3 Å². The van der Waals surface area contributed by atoms with Gasteiger partial charge in [0.1, 0.15) is 6.61 Å². The molecule has 1 heterocycles. The maximum atomic E-state index is 12.9. The fraction of sp³-hybridized carbons (Fsp3) is 0.583. The van der Waals surface area contributed by atoms with E-state index in [1.54, 1.807) is 51.1 Å². The molecule has 0 N–H and O–H groups in total. The number of sulfone groups is 1. The normalized spacial score (nSPS) is 13.8. The highest BCUT2D eigenvalue weighted by molar-refractivity contribution is 7.91. The summed E-state index contributed by atoms with van der Waals surface area (Å²) in [6.07, 6.45) is 3.40. The first-order chi connectivity index (χ1) is 16.5. The molecule has 9 nitrogen and oxygen atoms in total. The fourth-order valence-electron chi connectivity index (χ4n) is 3.49. The maximum absolute atomic E-state index is 12.9. The molecule has 0 fully saturated rings. The van der Waals surface area contributed by atoms with Crippen molar-refractivity contribution < 1.29 is 22.4 Å². The summed E-state index contributed by atoms with van der Waals surface area (Å²) in [6, 6.07) is 11.7. The molecule has 0 unspecified atom stereocenters. The summed E-state index contributed by atoms with van der Waals surface area (Å²) in [6.45, 7) is 11.9.